The van der Waals surface area contributed by atoms with E-state index in [2.05, 4.69) is 29.5 Å². The summed E-state index contributed by atoms with van der Waals surface area (Å²) in [5.41, 5.74) is 1.09. The van der Waals surface area contributed by atoms with Crippen molar-refractivity contribution in [2.24, 2.45) is 11.8 Å². The normalized spacial score (nSPS) is 10.9. The molecule has 2 aromatic rings. The van der Waals surface area contributed by atoms with Gasteiger partial charge in [0.25, 0.3) is 5.91 Å². The van der Waals surface area contributed by atoms with E-state index >= 15 is 0 Å². The molecule has 1 aromatic carbocycles. The highest BCUT2D eigenvalue weighted by Crippen LogP contribution is 2.17. The van der Waals surface area contributed by atoms with Gasteiger partial charge >= 0.3 is 0 Å². The van der Waals surface area contributed by atoms with Crippen molar-refractivity contribution in [1.82, 2.24) is 15.2 Å². The average molecular weight is 475 g/mol. The Morgan fingerprint density at radius 3 is 2.36 bits per heavy atom. The molecule has 0 saturated heterocycles. The number of anilines is 1. The SMILES string of the molecule is COc1ccc(C(=O)N(CC(=O)Nc2nc(CC(=O)NCCC(C)C)cs2)CC(C)C)cc1. The molecule has 0 fully saturated rings. The third-order valence-electron chi connectivity index (χ3n) is 4.73. The minimum absolute atomic E-state index is 0.0896. The third kappa shape index (κ3) is 9.21. The molecule has 8 nitrogen and oxygen atoms in total. The first-order valence-electron chi connectivity index (χ1n) is 11.1. The van der Waals surface area contributed by atoms with Crippen LogP contribution in [0, 0.1) is 11.8 Å². The molecule has 180 valence electrons. The summed E-state index contributed by atoms with van der Waals surface area (Å²) in [6.45, 7) is 9.18. The maximum absolute atomic E-state index is 13.0. The molecule has 0 aliphatic heterocycles. The number of aromatic nitrogens is 1. The number of methoxy groups -OCH3 is 1. The minimum Gasteiger partial charge on any atom is -0.497 e. The van der Waals surface area contributed by atoms with Crippen LogP contribution in [0.1, 0.15) is 50.2 Å². The molecule has 0 atom stereocenters. The van der Waals surface area contributed by atoms with Gasteiger partial charge in [0.1, 0.15) is 12.3 Å². The van der Waals surface area contributed by atoms with Crippen molar-refractivity contribution in [2.45, 2.75) is 40.5 Å². The van der Waals surface area contributed by atoms with Crippen LogP contribution in [0.5, 0.6) is 5.75 Å². The zero-order valence-corrected chi connectivity index (χ0v) is 20.8. The van der Waals surface area contributed by atoms with E-state index in [1.807, 2.05) is 13.8 Å². The van der Waals surface area contributed by atoms with E-state index in [9.17, 15) is 14.4 Å². The number of nitrogens with zero attached hydrogens (tertiary/aromatic N) is 2. The number of hydrogen-bond acceptors (Lipinski definition) is 6. The molecule has 3 amide bonds. The number of carbonyl (C=O) groups is 3. The Morgan fingerprint density at radius 2 is 1.76 bits per heavy atom. The molecule has 2 N–H and O–H groups in total. The van der Waals surface area contributed by atoms with Crippen LogP contribution in [-0.4, -0.2) is 54.3 Å². The molecule has 0 unspecified atom stereocenters. The van der Waals surface area contributed by atoms with E-state index in [1.165, 1.54) is 16.2 Å². The fraction of sp³-hybridized carbons (Fsp3) is 0.500. The monoisotopic (exact) mass is 474 g/mol. The van der Waals surface area contributed by atoms with Crippen molar-refractivity contribution in [3.63, 3.8) is 0 Å². The summed E-state index contributed by atoms with van der Waals surface area (Å²) in [5.74, 6) is 0.734. The van der Waals surface area contributed by atoms with Crippen LogP contribution < -0.4 is 15.4 Å². The van der Waals surface area contributed by atoms with Crippen molar-refractivity contribution in [1.29, 1.82) is 0 Å². The number of thiazole rings is 1. The molecule has 0 aliphatic rings. The Morgan fingerprint density at radius 1 is 1.06 bits per heavy atom. The second kappa shape index (κ2) is 12.9. The standard InChI is InChI=1S/C24H34N4O4S/c1-16(2)10-11-25-21(29)12-19-15-33-24(26-19)27-22(30)14-28(13-17(3)4)23(31)18-6-8-20(32-5)9-7-18/h6-9,15-17H,10-14H2,1-5H3,(H,25,29)(H,26,27,30). The molecule has 0 bridgehead atoms. The van der Waals surface area contributed by atoms with Crippen LogP contribution >= 0.6 is 11.3 Å². The van der Waals surface area contributed by atoms with Gasteiger partial charge in [0.15, 0.2) is 5.13 Å². The second-order valence-electron chi connectivity index (χ2n) is 8.71. The summed E-state index contributed by atoms with van der Waals surface area (Å²) in [5, 5.41) is 7.79. The summed E-state index contributed by atoms with van der Waals surface area (Å²) in [4.78, 5) is 43.5. The number of nitrogens with one attached hydrogen (secondary N) is 2. The zero-order chi connectivity index (χ0) is 24.4. The van der Waals surface area contributed by atoms with Crippen molar-refractivity contribution in [3.8, 4) is 5.75 Å². The lowest BCUT2D eigenvalue weighted by atomic mass is 10.1. The predicted molar refractivity (Wildman–Crippen MR) is 131 cm³/mol. The van der Waals surface area contributed by atoms with Gasteiger partial charge in [-0.3, -0.25) is 14.4 Å². The Bertz CT molecular complexity index is 925. The van der Waals surface area contributed by atoms with Crippen molar-refractivity contribution >= 4 is 34.2 Å². The molecule has 0 radical (unpaired) electrons. The molecule has 1 aromatic heterocycles. The van der Waals surface area contributed by atoms with Gasteiger partial charge in [-0.15, -0.1) is 11.3 Å². The van der Waals surface area contributed by atoms with Crippen molar-refractivity contribution in [3.05, 3.63) is 40.9 Å². The van der Waals surface area contributed by atoms with E-state index in [0.717, 1.165) is 6.42 Å². The largest absolute Gasteiger partial charge is 0.497 e. The third-order valence-corrected chi connectivity index (χ3v) is 5.53. The van der Waals surface area contributed by atoms with Gasteiger partial charge in [-0.05, 0) is 42.5 Å². The van der Waals surface area contributed by atoms with Crippen LogP contribution in [0.3, 0.4) is 0 Å². The highest BCUT2D eigenvalue weighted by Gasteiger charge is 2.21. The summed E-state index contributed by atoms with van der Waals surface area (Å²) >= 11 is 1.26. The van der Waals surface area contributed by atoms with Crippen LogP contribution in [-0.2, 0) is 16.0 Å². The van der Waals surface area contributed by atoms with E-state index in [0.29, 0.717) is 41.1 Å². The van der Waals surface area contributed by atoms with Crippen LogP contribution in [0.25, 0.3) is 0 Å². The first-order chi connectivity index (χ1) is 15.7. The molecular weight excluding hydrogens is 440 g/mol. The van der Waals surface area contributed by atoms with Crippen molar-refractivity contribution in [2.75, 3.05) is 32.1 Å². The molecule has 0 spiro atoms. The van der Waals surface area contributed by atoms with Crippen LogP contribution in [0.4, 0.5) is 5.13 Å². The van der Waals surface area contributed by atoms with Gasteiger partial charge in [0, 0.05) is 24.0 Å². The zero-order valence-electron chi connectivity index (χ0n) is 20.0. The fourth-order valence-electron chi connectivity index (χ4n) is 3.08. The fourth-order valence-corrected chi connectivity index (χ4v) is 3.81. The Kier molecular flexibility index (Phi) is 10.3. The topological polar surface area (TPSA) is 101 Å². The van der Waals surface area contributed by atoms with Crippen molar-refractivity contribution < 1.29 is 19.1 Å². The smallest absolute Gasteiger partial charge is 0.254 e. The number of carbonyl (C=O) groups excluding carboxylic acids is 3. The molecule has 33 heavy (non-hydrogen) atoms. The number of amides is 3. The predicted octanol–water partition coefficient (Wildman–Crippen LogP) is 3.59. The summed E-state index contributed by atoms with van der Waals surface area (Å²) in [6, 6.07) is 6.81. The lowest BCUT2D eigenvalue weighted by molar-refractivity contribution is -0.120. The van der Waals surface area contributed by atoms with Gasteiger partial charge in [-0.25, -0.2) is 4.98 Å². The maximum atomic E-state index is 13.0. The summed E-state index contributed by atoms with van der Waals surface area (Å²) in [6.07, 6.45) is 1.09. The minimum atomic E-state index is -0.334. The molecule has 0 saturated carbocycles. The quantitative estimate of drug-likeness (QED) is 0.490. The van der Waals surface area contributed by atoms with Crippen LogP contribution in [0.2, 0.25) is 0 Å². The van der Waals surface area contributed by atoms with E-state index in [4.69, 9.17) is 4.74 Å². The first kappa shape index (κ1) is 26.3. The lowest BCUT2D eigenvalue weighted by Crippen LogP contribution is -2.40. The molecule has 0 aliphatic carbocycles. The van der Waals surface area contributed by atoms with Gasteiger partial charge in [-0.2, -0.15) is 0 Å². The molecule has 1 heterocycles. The van der Waals surface area contributed by atoms with E-state index < -0.39 is 0 Å². The second-order valence-corrected chi connectivity index (χ2v) is 9.57. The summed E-state index contributed by atoms with van der Waals surface area (Å²) < 4.78 is 5.14. The lowest BCUT2D eigenvalue weighted by Gasteiger charge is -2.24. The number of rotatable bonds is 12. The van der Waals surface area contributed by atoms with Gasteiger partial charge in [0.05, 0.1) is 19.2 Å². The molecule has 9 heteroatoms. The molecular formula is C24H34N4O4S. The maximum Gasteiger partial charge on any atom is 0.254 e. The van der Waals surface area contributed by atoms with Gasteiger partial charge < -0.3 is 20.3 Å². The first-order valence-corrected chi connectivity index (χ1v) is 12.0. The van der Waals surface area contributed by atoms with Gasteiger partial charge in [-0.1, -0.05) is 27.7 Å². The van der Waals surface area contributed by atoms with Crippen LogP contribution in [0.15, 0.2) is 29.6 Å². The molecule has 2 rings (SSSR count). The Balaban J connectivity index is 1.94. The average Bonchev–Trinajstić information content (AvgIpc) is 3.18. The number of ether oxygens (including phenoxy) is 1. The highest BCUT2D eigenvalue weighted by molar-refractivity contribution is 7.13. The van der Waals surface area contributed by atoms with E-state index in [1.54, 1.807) is 36.8 Å². The Hall–Kier alpha value is -2.94. The summed E-state index contributed by atoms with van der Waals surface area (Å²) in [7, 11) is 1.57. The highest BCUT2D eigenvalue weighted by atomic mass is 32.1. The number of hydrogen-bond donors (Lipinski definition) is 2. The number of benzene rings is 1. The van der Waals surface area contributed by atoms with Gasteiger partial charge in [0.2, 0.25) is 11.8 Å². The Labute approximate surface area is 199 Å². The van der Waals surface area contributed by atoms with E-state index in [-0.39, 0.29) is 36.6 Å².